The van der Waals surface area contributed by atoms with Crippen LogP contribution < -0.4 is 16.2 Å². The van der Waals surface area contributed by atoms with Gasteiger partial charge in [0.1, 0.15) is 5.84 Å². The highest BCUT2D eigenvalue weighted by molar-refractivity contribution is 7.89. The fourth-order valence-corrected chi connectivity index (χ4v) is 4.79. The average molecular weight is 536 g/mol. The van der Waals surface area contributed by atoms with Gasteiger partial charge in [-0.3, -0.25) is 15.0 Å². The van der Waals surface area contributed by atoms with Crippen LogP contribution in [0.5, 0.6) is 0 Å². The summed E-state index contributed by atoms with van der Waals surface area (Å²) < 4.78 is 28.7. The Hall–Kier alpha value is -4.55. The zero-order chi connectivity index (χ0) is 27.5. The fraction of sp³-hybridized carbons (Fsp3) is 0.154. The number of nitrogen functional groups attached to an aromatic ring is 1. The number of methoxy groups -OCH3 is 1. The molecule has 12 heteroatoms. The highest BCUT2D eigenvalue weighted by Crippen LogP contribution is 2.33. The molecule has 0 spiro atoms. The number of benzene rings is 3. The van der Waals surface area contributed by atoms with E-state index in [-0.39, 0.29) is 17.2 Å². The summed E-state index contributed by atoms with van der Waals surface area (Å²) in [4.78, 5) is 31.2. The first-order valence-electron chi connectivity index (χ1n) is 11.3. The third-order valence-electron chi connectivity index (χ3n) is 6.01. The van der Waals surface area contributed by atoms with E-state index in [4.69, 9.17) is 25.9 Å². The highest BCUT2D eigenvalue weighted by atomic mass is 32.2. The van der Waals surface area contributed by atoms with Gasteiger partial charge in [0, 0.05) is 28.8 Å². The number of esters is 1. The van der Waals surface area contributed by atoms with Crippen molar-refractivity contribution in [2.45, 2.75) is 23.3 Å². The maximum atomic E-state index is 13.4. The number of hydrogen-bond donors (Lipinski definition) is 4. The van der Waals surface area contributed by atoms with Crippen LogP contribution in [-0.2, 0) is 29.2 Å². The first-order valence-corrected chi connectivity index (χ1v) is 12.9. The summed E-state index contributed by atoms with van der Waals surface area (Å²) in [7, 11) is -2.73. The first kappa shape index (κ1) is 26.5. The minimum atomic E-state index is -3.94. The maximum absolute atomic E-state index is 13.4. The molecule has 0 saturated carbocycles. The van der Waals surface area contributed by atoms with Crippen LogP contribution in [0.4, 0.5) is 5.69 Å². The van der Waals surface area contributed by atoms with Gasteiger partial charge >= 0.3 is 5.97 Å². The van der Waals surface area contributed by atoms with Crippen molar-refractivity contribution in [2.24, 2.45) is 16.0 Å². The number of nitrogens with two attached hydrogens (primary N) is 2. The van der Waals surface area contributed by atoms with Crippen molar-refractivity contribution < 1.29 is 27.6 Å². The summed E-state index contributed by atoms with van der Waals surface area (Å²) in [5.74, 6) is -1.41. The number of primary sulfonamides is 1. The van der Waals surface area contributed by atoms with Crippen LogP contribution in [0.3, 0.4) is 0 Å². The predicted octanol–water partition coefficient (Wildman–Crippen LogP) is 2.35. The third-order valence-corrected chi connectivity index (χ3v) is 6.98. The third kappa shape index (κ3) is 5.56. The Kier molecular flexibility index (Phi) is 7.28. The fourth-order valence-electron chi connectivity index (χ4n) is 4.03. The number of nitrogens with one attached hydrogen (secondary N) is 2. The van der Waals surface area contributed by atoms with Crippen LogP contribution in [0.1, 0.15) is 24.0 Å². The number of amides is 1. The molecular weight excluding hydrogens is 510 g/mol. The molecule has 6 N–H and O–H groups in total. The molecule has 3 aromatic carbocycles. The molecule has 4 rings (SSSR count). The van der Waals surface area contributed by atoms with Crippen LogP contribution >= 0.6 is 0 Å². The van der Waals surface area contributed by atoms with Crippen molar-refractivity contribution in [1.29, 1.82) is 5.41 Å². The Morgan fingerprint density at radius 3 is 2.45 bits per heavy atom. The van der Waals surface area contributed by atoms with E-state index in [2.05, 4.69) is 10.5 Å². The molecule has 1 aliphatic heterocycles. The zero-order valence-electron chi connectivity index (χ0n) is 20.3. The molecule has 11 nitrogen and oxygen atoms in total. The Balaban J connectivity index is 1.57. The summed E-state index contributed by atoms with van der Waals surface area (Å²) in [5, 5.41) is 19.8. The van der Waals surface area contributed by atoms with Gasteiger partial charge < -0.3 is 20.6 Å². The van der Waals surface area contributed by atoms with Gasteiger partial charge in [-0.2, -0.15) is 0 Å². The quantitative estimate of drug-likeness (QED) is 0.193. The molecule has 1 heterocycles. The van der Waals surface area contributed by atoms with Crippen molar-refractivity contribution in [3.63, 3.8) is 0 Å². The molecule has 1 atom stereocenters. The number of nitrogens with zero attached hydrogens (tertiary/aromatic N) is 1. The smallest absolute Gasteiger partial charge is 0.310 e. The predicted molar refractivity (Wildman–Crippen MR) is 141 cm³/mol. The number of carbonyl (C=O) groups is 2. The number of amidine groups is 1. The normalized spacial score (nSPS) is 16.7. The number of hydrogen-bond acceptors (Lipinski definition) is 8. The number of oxime groups is 1. The lowest BCUT2D eigenvalue weighted by Gasteiger charge is -2.24. The summed E-state index contributed by atoms with van der Waals surface area (Å²) in [6.45, 7) is 0. The molecule has 1 amide bonds. The van der Waals surface area contributed by atoms with Crippen LogP contribution in [0.15, 0.2) is 82.8 Å². The molecule has 0 saturated heterocycles. The van der Waals surface area contributed by atoms with E-state index in [9.17, 15) is 18.0 Å². The topological polar surface area (TPSA) is 187 Å². The molecule has 196 valence electrons. The zero-order valence-corrected chi connectivity index (χ0v) is 21.1. The standard InChI is InChI=1S/C26H25N5O6S/c1-36-23(32)15-26(14-21(31-37-26)17-5-4-6-18(13-17)24(27)28)25(33)30-19-11-9-16(10-12-19)20-7-2-3-8-22(20)38(29,34)35/h2-13H,14-15H2,1H3,(H3,27,28)(H,30,33)(H2,29,34,35)/t26-/m1/s1. The Morgan fingerprint density at radius 2 is 1.79 bits per heavy atom. The summed E-state index contributed by atoms with van der Waals surface area (Å²) in [6.07, 6.45) is -0.427. The number of sulfonamides is 1. The van der Waals surface area contributed by atoms with E-state index < -0.39 is 33.9 Å². The molecule has 0 bridgehead atoms. The lowest BCUT2D eigenvalue weighted by atomic mass is 9.89. The van der Waals surface area contributed by atoms with E-state index in [0.29, 0.717) is 33.7 Å². The monoisotopic (exact) mass is 535 g/mol. The van der Waals surface area contributed by atoms with E-state index in [0.717, 1.165) is 0 Å². The van der Waals surface area contributed by atoms with E-state index in [1.807, 2.05) is 0 Å². The van der Waals surface area contributed by atoms with Gasteiger partial charge in [0.15, 0.2) is 0 Å². The summed E-state index contributed by atoms with van der Waals surface area (Å²) >= 11 is 0. The number of anilines is 1. The molecule has 1 aliphatic rings. The highest BCUT2D eigenvalue weighted by Gasteiger charge is 2.49. The first-order chi connectivity index (χ1) is 18.0. The second-order valence-electron chi connectivity index (χ2n) is 8.62. The number of carbonyl (C=O) groups excluding carboxylic acids is 2. The maximum Gasteiger partial charge on any atom is 0.310 e. The molecular formula is C26H25N5O6S. The molecule has 0 aromatic heterocycles. The molecule has 38 heavy (non-hydrogen) atoms. The SMILES string of the molecule is COC(=O)C[C@@]1(C(=O)Nc2ccc(-c3ccccc3S(N)(=O)=O)cc2)CC(c2cccc(C(=N)N)c2)=NO1. The van der Waals surface area contributed by atoms with Crippen LogP contribution in [0.2, 0.25) is 0 Å². The average Bonchev–Trinajstić information content (AvgIpc) is 3.34. The minimum absolute atomic E-state index is 0.0216. The van der Waals surface area contributed by atoms with E-state index >= 15 is 0 Å². The minimum Gasteiger partial charge on any atom is -0.469 e. The molecule has 0 fully saturated rings. The Labute approximate surface area is 219 Å². The van der Waals surface area contributed by atoms with Crippen LogP contribution in [0, 0.1) is 5.41 Å². The second kappa shape index (κ2) is 10.4. The van der Waals surface area contributed by atoms with E-state index in [1.165, 1.54) is 13.2 Å². The molecule has 0 unspecified atom stereocenters. The van der Waals surface area contributed by atoms with Crippen molar-refractivity contribution in [2.75, 3.05) is 12.4 Å². The van der Waals surface area contributed by atoms with Gasteiger partial charge in [-0.15, -0.1) is 0 Å². The summed E-state index contributed by atoms with van der Waals surface area (Å²) in [5.41, 5.74) is 6.75. The van der Waals surface area contributed by atoms with Crippen molar-refractivity contribution in [1.82, 2.24) is 0 Å². The van der Waals surface area contributed by atoms with Crippen molar-refractivity contribution >= 4 is 39.1 Å². The molecule has 0 aliphatic carbocycles. The van der Waals surface area contributed by atoms with E-state index in [1.54, 1.807) is 66.7 Å². The van der Waals surface area contributed by atoms with Gasteiger partial charge in [0.25, 0.3) is 5.91 Å². The lowest BCUT2D eigenvalue weighted by Crippen LogP contribution is -2.45. The molecule has 3 aromatic rings. The number of rotatable bonds is 8. The summed E-state index contributed by atoms with van der Waals surface area (Å²) in [6, 6.07) is 19.5. The van der Waals surface area contributed by atoms with Crippen molar-refractivity contribution in [3.8, 4) is 11.1 Å². The lowest BCUT2D eigenvalue weighted by molar-refractivity contribution is -0.155. The van der Waals surface area contributed by atoms with Gasteiger partial charge in [0.2, 0.25) is 15.6 Å². The van der Waals surface area contributed by atoms with Crippen molar-refractivity contribution in [3.05, 3.63) is 83.9 Å². The van der Waals surface area contributed by atoms with Gasteiger partial charge in [0.05, 0.1) is 24.1 Å². The second-order valence-corrected chi connectivity index (χ2v) is 10.2. The Bertz CT molecular complexity index is 1550. The van der Waals surface area contributed by atoms with Gasteiger partial charge in [-0.25, -0.2) is 13.6 Å². The van der Waals surface area contributed by atoms with Crippen LogP contribution in [-0.4, -0.2) is 44.6 Å². The molecule has 0 radical (unpaired) electrons. The van der Waals surface area contributed by atoms with Gasteiger partial charge in [-0.1, -0.05) is 53.7 Å². The van der Waals surface area contributed by atoms with Crippen LogP contribution in [0.25, 0.3) is 11.1 Å². The van der Waals surface area contributed by atoms with Gasteiger partial charge in [-0.05, 0) is 29.8 Å². The Morgan fingerprint density at radius 1 is 1.08 bits per heavy atom. The largest absolute Gasteiger partial charge is 0.469 e. The number of ether oxygens (including phenoxy) is 1.